The van der Waals surface area contributed by atoms with Crippen LogP contribution >= 0.6 is 0 Å². The lowest BCUT2D eigenvalue weighted by Gasteiger charge is -2.17. The van der Waals surface area contributed by atoms with E-state index < -0.39 is 0 Å². The zero-order valence-electron chi connectivity index (χ0n) is 39.2. The fourth-order valence-corrected chi connectivity index (χ4v) is 10.0. The van der Waals surface area contributed by atoms with E-state index in [-0.39, 0.29) is 0 Å². The number of rotatable bonds is 9. The SMILES string of the molecule is c1ccc(-c2ccc3cc(-c4cc(-c5ccc(-c6ccccc6-c6cc(-c7ccccc7)nc(-c7ccccc7)n6)cc5-c5ccc6c(ccc7ccccc76)c5)nc(-c5ccccc5)n4)ccc3c2)cc1. The highest BCUT2D eigenvalue weighted by molar-refractivity contribution is 6.09. The third kappa shape index (κ3) is 8.17. The second-order valence-electron chi connectivity index (χ2n) is 18.2. The van der Waals surface area contributed by atoms with Crippen LogP contribution in [0.3, 0.4) is 0 Å². The first-order valence-corrected chi connectivity index (χ1v) is 24.4. The minimum atomic E-state index is 0.667. The summed E-state index contributed by atoms with van der Waals surface area (Å²) in [7, 11) is 0. The molecule has 4 heteroatoms. The Bertz CT molecular complexity index is 4080. The molecule has 2 aromatic heterocycles. The molecule has 0 amide bonds. The number of nitrogens with zero attached hydrogens (tertiary/aromatic N) is 4. The van der Waals surface area contributed by atoms with Crippen LogP contribution in [-0.2, 0) is 0 Å². The van der Waals surface area contributed by atoms with E-state index in [1.165, 1.54) is 38.1 Å². The van der Waals surface area contributed by atoms with Crippen LogP contribution in [-0.4, -0.2) is 19.9 Å². The summed E-state index contributed by atoms with van der Waals surface area (Å²) in [5.74, 6) is 1.35. The van der Waals surface area contributed by atoms with Crippen molar-refractivity contribution in [3.63, 3.8) is 0 Å². The van der Waals surface area contributed by atoms with Crippen LogP contribution in [0, 0.1) is 0 Å². The van der Waals surface area contributed by atoms with Crippen molar-refractivity contribution in [1.29, 1.82) is 0 Å². The standard InChI is InChI=1S/C68H44N4/c1-5-17-45(18-6-1)50-30-31-52-40-56(34-32-51(52)39-50)64-44-66(72-68(70-64)49-24-11-4-12-25-49)61-38-36-55(42-62(61)54-35-37-59-53(41-54)33-29-46-19-13-14-26-57(46)59)58-27-15-16-28-60(58)65-43-63(47-20-7-2-8-21-47)69-67(71-65)48-22-9-3-10-23-48/h1-44H. The predicted octanol–water partition coefficient (Wildman–Crippen LogP) is 17.7. The van der Waals surface area contributed by atoms with Crippen molar-refractivity contribution in [3.05, 3.63) is 267 Å². The lowest BCUT2D eigenvalue weighted by Crippen LogP contribution is -1.98. The van der Waals surface area contributed by atoms with Crippen molar-refractivity contribution in [1.82, 2.24) is 19.9 Å². The van der Waals surface area contributed by atoms with Gasteiger partial charge in [0.15, 0.2) is 11.6 Å². The second-order valence-corrected chi connectivity index (χ2v) is 18.2. The predicted molar refractivity (Wildman–Crippen MR) is 299 cm³/mol. The fraction of sp³-hybridized carbons (Fsp3) is 0. The third-order valence-electron chi connectivity index (χ3n) is 13.7. The Balaban J connectivity index is 1.00. The van der Waals surface area contributed by atoms with Gasteiger partial charge in [-0.3, -0.25) is 0 Å². The van der Waals surface area contributed by atoms with Gasteiger partial charge in [-0.05, 0) is 102 Å². The van der Waals surface area contributed by atoms with Crippen molar-refractivity contribution in [2.45, 2.75) is 0 Å². The Labute approximate surface area is 418 Å². The first kappa shape index (κ1) is 42.5. The Morgan fingerprint density at radius 3 is 1.26 bits per heavy atom. The van der Waals surface area contributed by atoms with E-state index in [2.05, 4.69) is 224 Å². The van der Waals surface area contributed by atoms with Gasteiger partial charge in [-0.25, -0.2) is 19.9 Å². The van der Waals surface area contributed by atoms with Crippen LogP contribution in [0.4, 0.5) is 0 Å². The summed E-state index contributed by atoms with van der Waals surface area (Å²) in [5.41, 5.74) is 16.1. The van der Waals surface area contributed by atoms with Gasteiger partial charge < -0.3 is 0 Å². The zero-order valence-corrected chi connectivity index (χ0v) is 39.2. The molecule has 0 saturated heterocycles. The molecule has 0 fully saturated rings. The summed E-state index contributed by atoms with van der Waals surface area (Å²) in [5, 5.41) is 7.17. The molecule has 0 unspecified atom stereocenters. The van der Waals surface area contributed by atoms with Crippen molar-refractivity contribution < 1.29 is 0 Å². The van der Waals surface area contributed by atoms with E-state index in [1.807, 2.05) is 42.5 Å². The van der Waals surface area contributed by atoms with E-state index in [1.54, 1.807) is 0 Å². The summed E-state index contributed by atoms with van der Waals surface area (Å²) >= 11 is 0. The van der Waals surface area contributed by atoms with Crippen LogP contribution in [0.25, 0.3) is 134 Å². The Morgan fingerprint density at radius 1 is 0.181 bits per heavy atom. The highest BCUT2D eigenvalue weighted by atomic mass is 14.9. The molecule has 0 bridgehead atoms. The van der Waals surface area contributed by atoms with E-state index in [4.69, 9.17) is 19.9 Å². The molecule has 0 aliphatic heterocycles. The molecule has 2 heterocycles. The molecule has 0 saturated carbocycles. The van der Waals surface area contributed by atoms with Crippen molar-refractivity contribution in [2.24, 2.45) is 0 Å². The minimum Gasteiger partial charge on any atom is -0.228 e. The van der Waals surface area contributed by atoms with Gasteiger partial charge in [0.05, 0.1) is 22.8 Å². The Hall–Kier alpha value is -9.64. The number of benzene rings is 11. The Kier molecular flexibility index (Phi) is 10.8. The monoisotopic (exact) mass is 916 g/mol. The smallest absolute Gasteiger partial charge is 0.160 e. The van der Waals surface area contributed by atoms with Crippen molar-refractivity contribution in [2.75, 3.05) is 0 Å². The zero-order chi connectivity index (χ0) is 47.8. The van der Waals surface area contributed by atoms with Gasteiger partial charge in [0.1, 0.15) is 0 Å². The van der Waals surface area contributed by atoms with Gasteiger partial charge in [0, 0.05) is 33.4 Å². The number of hydrogen-bond acceptors (Lipinski definition) is 4. The molecular weight excluding hydrogens is 873 g/mol. The molecule has 0 spiro atoms. The normalized spacial score (nSPS) is 11.3. The van der Waals surface area contributed by atoms with Crippen LogP contribution in [0.1, 0.15) is 0 Å². The molecule has 11 aromatic carbocycles. The van der Waals surface area contributed by atoms with Gasteiger partial charge >= 0.3 is 0 Å². The van der Waals surface area contributed by atoms with Gasteiger partial charge in [-0.2, -0.15) is 0 Å². The molecule has 0 aliphatic rings. The first-order valence-electron chi connectivity index (χ1n) is 24.4. The maximum absolute atomic E-state index is 5.41. The maximum atomic E-state index is 5.41. The van der Waals surface area contributed by atoms with Crippen LogP contribution in [0.15, 0.2) is 267 Å². The van der Waals surface area contributed by atoms with Gasteiger partial charge in [0.2, 0.25) is 0 Å². The number of fused-ring (bicyclic) bond motifs is 4. The molecule has 336 valence electrons. The molecular formula is C68H44N4. The topological polar surface area (TPSA) is 51.6 Å². The van der Waals surface area contributed by atoms with Crippen molar-refractivity contribution in [3.8, 4) is 101 Å². The molecule has 0 atom stereocenters. The summed E-state index contributed by atoms with van der Waals surface area (Å²) in [6, 6.07) is 94.3. The van der Waals surface area contributed by atoms with Crippen LogP contribution in [0.5, 0.6) is 0 Å². The summed E-state index contributed by atoms with van der Waals surface area (Å²) < 4.78 is 0. The van der Waals surface area contributed by atoms with Gasteiger partial charge in [-0.1, -0.05) is 231 Å². The van der Waals surface area contributed by atoms with Crippen LogP contribution in [0.2, 0.25) is 0 Å². The molecule has 0 N–H and O–H groups in total. The third-order valence-corrected chi connectivity index (χ3v) is 13.7. The minimum absolute atomic E-state index is 0.667. The second kappa shape index (κ2) is 18.4. The fourth-order valence-electron chi connectivity index (χ4n) is 10.0. The number of aromatic nitrogens is 4. The maximum Gasteiger partial charge on any atom is 0.160 e. The Morgan fingerprint density at radius 2 is 0.597 bits per heavy atom. The summed E-state index contributed by atoms with van der Waals surface area (Å²) in [4.78, 5) is 21.1. The first-order chi connectivity index (χ1) is 35.6. The molecule has 13 aromatic rings. The van der Waals surface area contributed by atoms with Gasteiger partial charge in [0.25, 0.3) is 0 Å². The average molecular weight is 917 g/mol. The number of hydrogen-bond donors (Lipinski definition) is 0. The molecule has 13 rings (SSSR count). The largest absolute Gasteiger partial charge is 0.228 e. The molecule has 72 heavy (non-hydrogen) atoms. The average Bonchev–Trinajstić information content (AvgIpc) is 3.47. The van der Waals surface area contributed by atoms with E-state index in [9.17, 15) is 0 Å². The van der Waals surface area contributed by atoms with E-state index in [0.717, 1.165) is 83.8 Å². The molecule has 4 nitrogen and oxygen atoms in total. The van der Waals surface area contributed by atoms with E-state index >= 15 is 0 Å². The lowest BCUT2D eigenvalue weighted by atomic mass is 9.89. The summed E-state index contributed by atoms with van der Waals surface area (Å²) in [6.07, 6.45) is 0. The molecule has 0 radical (unpaired) electrons. The lowest BCUT2D eigenvalue weighted by molar-refractivity contribution is 1.18. The molecule has 0 aliphatic carbocycles. The highest BCUT2D eigenvalue weighted by Crippen LogP contribution is 2.42. The van der Waals surface area contributed by atoms with Gasteiger partial charge in [-0.15, -0.1) is 0 Å². The van der Waals surface area contributed by atoms with Crippen molar-refractivity contribution >= 4 is 32.3 Å². The van der Waals surface area contributed by atoms with E-state index in [0.29, 0.717) is 11.6 Å². The summed E-state index contributed by atoms with van der Waals surface area (Å²) in [6.45, 7) is 0. The quantitative estimate of drug-likeness (QED) is 0.135. The van der Waals surface area contributed by atoms with Crippen LogP contribution < -0.4 is 0 Å². The highest BCUT2D eigenvalue weighted by Gasteiger charge is 2.19.